The molecule has 0 unspecified atom stereocenters. The maximum Gasteiger partial charge on any atom is 0.223 e. The normalized spacial score (nSPS) is 20.7. The minimum absolute atomic E-state index is 0.00223. The number of hydrogen-bond donors (Lipinski definition) is 0. The van der Waals surface area contributed by atoms with E-state index in [1.54, 1.807) is 0 Å². The van der Waals surface area contributed by atoms with Gasteiger partial charge >= 0.3 is 0 Å². The number of rotatable bonds is 4. The van der Waals surface area contributed by atoms with Crippen LogP contribution in [0.2, 0.25) is 0 Å². The van der Waals surface area contributed by atoms with Crippen LogP contribution >= 0.6 is 0 Å². The molecule has 1 saturated heterocycles. The number of nitrogens with zero attached hydrogens (tertiary/aromatic N) is 4. The van der Waals surface area contributed by atoms with Crippen LogP contribution in [0.15, 0.2) is 10.7 Å². The fraction of sp³-hybridized carbons (Fsp3) is 0.636. The maximum absolute atomic E-state index is 13.1. The zero-order valence-electron chi connectivity index (χ0n) is 17.2. The Bertz CT molecular complexity index is 854. The Morgan fingerprint density at radius 2 is 1.93 bits per heavy atom. The van der Waals surface area contributed by atoms with Gasteiger partial charge in [-0.15, -0.1) is 0 Å². The van der Waals surface area contributed by atoms with E-state index >= 15 is 0 Å². The molecule has 2 aliphatic rings. The summed E-state index contributed by atoms with van der Waals surface area (Å²) in [5, 5.41) is 4.10. The smallest absolute Gasteiger partial charge is 0.223 e. The average Bonchev–Trinajstić information content (AvgIpc) is 3.30. The molecule has 0 radical (unpaired) electrons. The second kappa shape index (κ2) is 8.02. The van der Waals surface area contributed by atoms with Crippen molar-refractivity contribution in [1.82, 2.24) is 20.0 Å². The number of likely N-dealkylation sites (tertiary alicyclic amines) is 1. The number of amides is 1. The van der Waals surface area contributed by atoms with Gasteiger partial charge in [0.2, 0.25) is 5.91 Å². The summed E-state index contributed by atoms with van der Waals surface area (Å²) in [6.07, 6.45) is 10.7. The molecular weight excluding hydrogens is 352 g/mol. The lowest BCUT2D eigenvalue weighted by atomic mass is 9.86. The molecule has 3 heterocycles. The molecule has 2 aromatic rings. The van der Waals surface area contributed by atoms with Crippen LogP contribution in [0.3, 0.4) is 0 Å². The van der Waals surface area contributed by atoms with Gasteiger partial charge in [-0.1, -0.05) is 24.4 Å². The van der Waals surface area contributed by atoms with Gasteiger partial charge in [-0.2, -0.15) is 0 Å². The molecular formula is C22H30N4O2. The SMILES string of the molecule is Cc1ncc(-c2onc(C)c2C)c([C@H]2CCCN2C(=O)CC2CCCCC2)n1. The van der Waals surface area contributed by atoms with E-state index in [1.807, 2.05) is 27.0 Å². The topological polar surface area (TPSA) is 72.1 Å². The molecule has 6 heteroatoms. The maximum atomic E-state index is 13.1. The van der Waals surface area contributed by atoms with Gasteiger partial charge in [0.1, 0.15) is 5.82 Å². The van der Waals surface area contributed by atoms with Crippen molar-refractivity contribution in [3.05, 3.63) is 29.0 Å². The lowest BCUT2D eigenvalue weighted by Gasteiger charge is -2.28. The predicted molar refractivity (Wildman–Crippen MR) is 107 cm³/mol. The van der Waals surface area contributed by atoms with Crippen molar-refractivity contribution in [3.8, 4) is 11.3 Å². The summed E-state index contributed by atoms with van der Waals surface area (Å²) in [6.45, 7) is 6.65. The standard InChI is InChI=1S/C22H30N4O2/c1-14-15(2)25-28-22(14)18-13-23-16(3)24-21(18)19-10-7-11-26(19)20(27)12-17-8-5-4-6-9-17/h13,17,19H,4-12H2,1-3H3/t19-/m1/s1. The molecule has 6 nitrogen and oxygen atoms in total. The monoisotopic (exact) mass is 382 g/mol. The molecule has 150 valence electrons. The van der Waals surface area contributed by atoms with Crippen molar-refractivity contribution in [3.63, 3.8) is 0 Å². The quantitative estimate of drug-likeness (QED) is 0.767. The van der Waals surface area contributed by atoms with E-state index in [1.165, 1.54) is 32.1 Å². The highest BCUT2D eigenvalue weighted by molar-refractivity contribution is 5.78. The van der Waals surface area contributed by atoms with E-state index < -0.39 is 0 Å². The Balaban J connectivity index is 1.63. The summed E-state index contributed by atoms with van der Waals surface area (Å²) in [6, 6.07) is -0.00223. The molecule has 1 saturated carbocycles. The van der Waals surface area contributed by atoms with Gasteiger partial charge in [0.15, 0.2) is 5.76 Å². The van der Waals surface area contributed by atoms with Gasteiger partial charge in [0.05, 0.1) is 23.0 Å². The van der Waals surface area contributed by atoms with Crippen LogP contribution in [-0.2, 0) is 4.79 Å². The van der Waals surface area contributed by atoms with E-state index in [4.69, 9.17) is 9.51 Å². The van der Waals surface area contributed by atoms with Gasteiger partial charge in [0.25, 0.3) is 0 Å². The molecule has 4 rings (SSSR count). The van der Waals surface area contributed by atoms with Crippen molar-refractivity contribution < 1.29 is 9.32 Å². The Morgan fingerprint density at radius 3 is 2.64 bits per heavy atom. The fourth-order valence-electron chi connectivity index (χ4n) is 4.69. The van der Waals surface area contributed by atoms with E-state index in [9.17, 15) is 4.79 Å². The first-order valence-corrected chi connectivity index (χ1v) is 10.6. The summed E-state index contributed by atoms with van der Waals surface area (Å²) in [7, 11) is 0. The fourth-order valence-corrected chi connectivity index (χ4v) is 4.69. The van der Waals surface area contributed by atoms with Crippen LogP contribution in [0.5, 0.6) is 0 Å². The summed E-state index contributed by atoms with van der Waals surface area (Å²) in [5.41, 5.74) is 3.65. The number of hydrogen-bond acceptors (Lipinski definition) is 5. The highest BCUT2D eigenvalue weighted by Gasteiger charge is 2.35. The Kier molecular flexibility index (Phi) is 5.47. The first-order chi connectivity index (χ1) is 13.5. The molecule has 0 N–H and O–H groups in total. The molecule has 1 aliphatic carbocycles. The van der Waals surface area contributed by atoms with Gasteiger partial charge in [-0.05, 0) is 52.4 Å². The van der Waals surface area contributed by atoms with Gasteiger partial charge < -0.3 is 9.42 Å². The minimum atomic E-state index is -0.00223. The summed E-state index contributed by atoms with van der Waals surface area (Å²) in [4.78, 5) is 24.4. The molecule has 1 amide bonds. The molecule has 1 aliphatic heterocycles. The first kappa shape index (κ1) is 19.1. The Labute approximate surface area is 166 Å². The highest BCUT2D eigenvalue weighted by Crippen LogP contribution is 2.39. The molecule has 0 spiro atoms. The van der Waals surface area contributed by atoms with Crippen LogP contribution in [0.25, 0.3) is 11.3 Å². The number of carbonyl (C=O) groups is 1. The van der Waals surface area contributed by atoms with Crippen LogP contribution in [-0.4, -0.2) is 32.5 Å². The van der Waals surface area contributed by atoms with Crippen LogP contribution in [0.4, 0.5) is 0 Å². The Morgan fingerprint density at radius 1 is 1.14 bits per heavy atom. The minimum Gasteiger partial charge on any atom is -0.356 e. The van der Waals surface area contributed by atoms with E-state index in [0.29, 0.717) is 12.3 Å². The van der Waals surface area contributed by atoms with Crippen molar-refractivity contribution >= 4 is 5.91 Å². The van der Waals surface area contributed by atoms with Crippen LogP contribution < -0.4 is 0 Å². The third-order valence-electron chi connectivity index (χ3n) is 6.42. The molecule has 0 bridgehead atoms. The highest BCUT2D eigenvalue weighted by atomic mass is 16.5. The van der Waals surface area contributed by atoms with Crippen LogP contribution in [0.1, 0.15) is 80.2 Å². The molecule has 28 heavy (non-hydrogen) atoms. The van der Waals surface area contributed by atoms with E-state index in [-0.39, 0.29) is 11.9 Å². The largest absolute Gasteiger partial charge is 0.356 e. The Hall–Kier alpha value is -2.24. The van der Waals surface area contributed by atoms with Crippen molar-refractivity contribution in [2.45, 2.75) is 78.2 Å². The lowest BCUT2D eigenvalue weighted by Crippen LogP contribution is -2.33. The third-order valence-corrected chi connectivity index (χ3v) is 6.42. The number of carbonyl (C=O) groups excluding carboxylic acids is 1. The van der Waals surface area contributed by atoms with Crippen LogP contribution in [0, 0.1) is 26.7 Å². The second-order valence-electron chi connectivity index (χ2n) is 8.39. The first-order valence-electron chi connectivity index (χ1n) is 10.6. The van der Waals surface area contributed by atoms with Crippen molar-refractivity contribution in [1.29, 1.82) is 0 Å². The van der Waals surface area contributed by atoms with Gasteiger partial charge in [-0.3, -0.25) is 4.79 Å². The second-order valence-corrected chi connectivity index (χ2v) is 8.39. The molecule has 2 fully saturated rings. The average molecular weight is 383 g/mol. The molecule has 1 atom stereocenters. The third kappa shape index (κ3) is 3.69. The summed E-state index contributed by atoms with van der Waals surface area (Å²) in [5.74, 6) is 2.27. The summed E-state index contributed by atoms with van der Waals surface area (Å²) < 4.78 is 5.61. The van der Waals surface area contributed by atoms with Gasteiger partial charge in [-0.25, -0.2) is 9.97 Å². The van der Waals surface area contributed by atoms with E-state index in [2.05, 4.69) is 15.0 Å². The van der Waals surface area contributed by atoms with E-state index in [0.717, 1.165) is 53.5 Å². The number of aromatic nitrogens is 3. The molecule has 2 aromatic heterocycles. The predicted octanol–water partition coefficient (Wildman–Crippen LogP) is 4.69. The zero-order chi connectivity index (χ0) is 19.7. The zero-order valence-corrected chi connectivity index (χ0v) is 17.2. The molecule has 0 aromatic carbocycles. The summed E-state index contributed by atoms with van der Waals surface area (Å²) >= 11 is 0. The van der Waals surface area contributed by atoms with Crippen molar-refractivity contribution in [2.75, 3.05) is 6.54 Å². The number of aryl methyl sites for hydroxylation is 2. The van der Waals surface area contributed by atoms with Crippen molar-refractivity contribution in [2.24, 2.45) is 5.92 Å². The lowest BCUT2D eigenvalue weighted by molar-refractivity contribution is -0.133. The van der Waals surface area contributed by atoms with Gasteiger partial charge in [0, 0.05) is 24.7 Å².